The number of aromatic carboxylic acids is 1. The van der Waals surface area contributed by atoms with Crippen molar-refractivity contribution < 1.29 is 54.8 Å². The second-order valence-electron chi connectivity index (χ2n) is 7.00. The van der Waals surface area contributed by atoms with Crippen LogP contribution in [0.2, 0.25) is 0 Å². The summed E-state index contributed by atoms with van der Waals surface area (Å²) in [5, 5.41) is 73.7. The van der Waals surface area contributed by atoms with Crippen LogP contribution in [-0.4, -0.2) is 53.9 Å². The molecular formula is C23H18O12. The van der Waals surface area contributed by atoms with Crippen LogP contribution in [0.15, 0.2) is 51.7 Å². The second kappa shape index (κ2) is 9.31. The predicted molar refractivity (Wildman–Crippen MR) is 120 cm³/mol. The highest BCUT2D eigenvalue weighted by atomic mass is 16.5. The van der Waals surface area contributed by atoms with Gasteiger partial charge >= 0.3 is 5.97 Å². The first-order valence-corrected chi connectivity index (χ1v) is 9.52. The van der Waals surface area contributed by atoms with Gasteiger partial charge in [0.2, 0.25) is 11.2 Å². The maximum atomic E-state index is 12.2. The van der Waals surface area contributed by atoms with Gasteiger partial charge in [-0.2, -0.15) is 0 Å². The number of carbonyl (C=O) groups is 1. The number of rotatable bonds is 3. The van der Waals surface area contributed by atoms with Crippen molar-refractivity contribution in [2.75, 3.05) is 7.11 Å². The topological polar surface area (TPSA) is 218 Å². The number of methoxy groups -OCH3 is 1. The summed E-state index contributed by atoms with van der Waals surface area (Å²) in [4.78, 5) is 22.6. The molecule has 0 aliphatic rings. The highest BCUT2D eigenvalue weighted by molar-refractivity contribution is 5.89. The molecule has 8 N–H and O–H groups in total. The van der Waals surface area contributed by atoms with Crippen LogP contribution in [0.1, 0.15) is 10.4 Å². The Morgan fingerprint density at radius 1 is 0.800 bits per heavy atom. The molecular weight excluding hydrogens is 468 g/mol. The number of hydrogen-bond donors (Lipinski definition) is 8. The number of ether oxygens (including phenoxy) is 1. The summed E-state index contributed by atoms with van der Waals surface area (Å²) in [5.41, 5.74) is -0.945. The van der Waals surface area contributed by atoms with Crippen LogP contribution in [0.3, 0.4) is 0 Å². The van der Waals surface area contributed by atoms with Crippen molar-refractivity contribution in [3.05, 3.63) is 58.3 Å². The minimum absolute atomic E-state index is 0.0904. The van der Waals surface area contributed by atoms with E-state index >= 15 is 0 Å². The molecule has 182 valence electrons. The highest BCUT2D eigenvalue weighted by Crippen LogP contribution is 2.38. The molecule has 4 rings (SSSR count). The summed E-state index contributed by atoms with van der Waals surface area (Å²) in [6, 6.07) is 7.93. The van der Waals surface area contributed by atoms with Gasteiger partial charge in [0.1, 0.15) is 22.5 Å². The third-order valence-corrected chi connectivity index (χ3v) is 4.69. The molecule has 12 heteroatoms. The zero-order valence-electron chi connectivity index (χ0n) is 17.8. The Morgan fingerprint density at radius 3 is 2.00 bits per heavy atom. The molecule has 0 aliphatic heterocycles. The van der Waals surface area contributed by atoms with E-state index in [4.69, 9.17) is 29.6 Å². The third kappa shape index (κ3) is 4.75. The Balaban J connectivity index is 0.000000241. The van der Waals surface area contributed by atoms with Crippen LogP contribution in [0, 0.1) is 0 Å². The molecule has 0 atom stereocenters. The number of benzene rings is 3. The number of carboxylic acid groups (broad SMARTS) is 1. The van der Waals surface area contributed by atoms with E-state index in [1.54, 1.807) is 0 Å². The van der Waals surface area contributed by atoms with Crippen molar-refractivity contribution >= 4 is 16.9 Å². The maximum Gasteiger partial charge on any atom is 0.335 e. The molecule has 4 aromatic rings. The minimum Gasteiger partial charge on any atom is -0.508 e. The average Bonchev–Trinajstić information content (AvgIpc) is 2.79. The van der Waals surface area contributed by atoms with Gasteiger partial charge in [-0.25, -0.2) is 4.79 Å². The Bertz CT molecular complexity index is 1480. The molecule has 0 saturated heterocycles. The van der Waals surface area contributed by atoms with Gasteiger partial charge in [-0.3, -0.25) is 4.79 Å². The lowest BCUT2D eigenvalue weighted by molar-refractivity contribution is 0.0695. The van der Waals surface area contributed by atoms with Gasteiger partial charge in [-0.05, 0) is 30.3 Å². The maximum absolute atomic E-state index is 12.2. The fourth-order valence-corrected chi connectivity index (χ4v) is 3.02. The Hall–Kier alpha value is -5.26. The van der Waals surface area contributed by atoms with Crippen LogP contribution in [-0.2, 0) is 0 Å². The number of aromatic hydroxyl groups is 7. The highest BCUT2D eigenvalue weighted by Gasteiger charge is 2.19. The van der Waals surface area contributed by atoms with Gasteiger partial charge in [0, 0.05) is 17.7 Å². The smallest absolute Gasteiger partial charge is 0.335 e. The first-order chi connectivity index (χ1) is 16.4. The normalized spacial score (nSPS) is 10.4. The Labute approximate surface area is 195 Å². The zero-order chi connectivity index (χ0) is 26.0. The monoisotopic (exact) mass is 486 g/mol. The largest absolute Gasteiger partial charge is 0.508 e. The van der Waals surface area contributed by atoms with Gasteiger partial charge in [0.05, 0.1) is 12.7 Å². The summed E-state index contributed by atoms with van der Waals surface area (Å²) in [6.45, 7) is 0. The SMILES string of the molecule is COc1cc(-c2oc3cc(O)cc(O)c3c(=O)c2O)ccc1O.O=C(O)c1cc(O)c(O)c(O)c1. The van der Waals surface area contributed by atoms with E-state index in [0.29, 0.717) is 0 Å². The van der Waals surface area contributed by atoms with Crippen LogP contribution >= 0.6 is 0 Å². The van der Waals surface area contributed by atoms with E-state index in [1.165, 1.54) is 25.3 Å². The lowest BCUT2D eigenvalue weighted by atomic mass is 10.1. The molecule has 0 radical (unpaired) electrons. The molecule has 1 heterocycles. The number of hydrogen-bond acceptors (Lipinski definition) is 11. The summed E-state index contributed by atoms with van der Waals surface area (Å²) in [5.74, 6) is -4.99. The van der Waals surface area contributed by atoms with Gasteiger partial charge in [-0.1, -0.05) is 0 Å². The van der Waals surface area contributed by atoms with Crippen molar-refractivity contribution in [3.8, 4) is 57.3 Å². The molecule has 0 aliphatic carbocycles. The molecule has 0 unspecified atom stereocenters. The molecule has 0 amide bonds. The van der Waals surface area contributed by atoms with Crippen molar-refractivity contribution in [1.82, 2.24) is 0 Å². The zero-order valence-corrected chi connectivity index (χ0v) is 17.8. The summed E-state index contributed by atoms with van der Waals surface area (Å²) >= 11 is 0. The molecule has 12 nitrogen and oxygen atoms in total. The fourth-order valence-electron chi connectivity index (χ4n) is 3.02. The number of carboxylic acids is 1. The number of phenolic OH excluding ortho intramolecular Hbond substituents is 6. The van der Waals surface area contributed by atoms with Crippen LogP contribution < -0.4 is 10.2 Å². The van der Waals surface area contributed by atoms with E-state index in [1.807, 2.05) is 0 Å². The Morgan fingerprint density at radius 2 is 1.43 bits per heavy atom. The molecule has 0 spiro atoms. The number of fused-ring (bicyclic) bond motifs is 1. The van der Waals surface area contributed by atoms with Crippen molar-refractivity contribution in [1.29, 1.82) is 0 Å². The summed E-state index contributed by atoms with van der Waals surface area (Å²) < 4.78 is 10.4. The van der Waals surface area contributed by atoms with E-state index in [-0.39, 0.29) is 45.1 Å². The van der Waals surface area contributed by atoms with Gasteiger partial charge < -0.3 is 50.0 Å². The summed E-state index contributed by atoms with van der Waals surface area (Å²) in [7, 11) is 1.35. The molecule has 0 saturated carbocycles. The molecule has 1 aromatic heterocycles. The fraction of sp³-hybridized carbons (Fsp3) is 0.0435. The summed E-state index contributed by atoms with van der Waals surface area (Å²) in [6.07, 6.45) is 0. The molecule has 3 aromatic carbocycles. The van der Waals surface area contributed by atoms with Crippen LogP contribution in [0.4, 0.5) is 0 Å². The van der Waals surface area contributed by atoms with E-state index < -0.39 is 40.1 Å². The van der Waals surface area contributed by atoms with Gasteiger partial charge in [0.25, 0.3) is 0 Å². The standard InChI is InChI=1S/C16H12O7.C7H6O5/c1-22-11-4-7(2-3-9(11)18)16-15(21)14(20)13-10(19)5-8(17)6-12(13)23-16;8-4-1-3(7(11)12)2-5(9)6(4)10/h2-6,17-19,21H,1H3;1-2,8-10H,(H,11,12). The van der Waals surface area contributed by atoms with Gasteiger partial charge in [-0.15, -0.1) is 0 Å². The third-order valence-electron chi connectivity index (χ3n) is 4.69. The van der Waals surface area contributed by atoms with E-state index in [2.05, 4.69) is 0 Å². The molecule has 0 fully saturated rings. The van der Waals surface area contributed by atoms with Crippen molar-refractivity contribution in [3.63, 3.8) is 0 Å². The first kappa shape index (κ1) is 24.4. The minimum atomic E-state index is -1.29. The van der Waals surface area contributed by atoms with E-state index in [9.17, 15) is 30.0 Å². The quantitative estimate of drug-likeness (QED) is 0.196. The molecule has 0 bridgehead atoms. The van der Waals surface area contributed by atoms with Crippen molar-refractivity contribution in [2.24, 2.45) is 0 Å². The lowest BCUT2D eigenvalue weighted by Gasteiger charge is -2.09. The molecule has 35 heavy (non-hydrogen) atoms. The second-order valence-corrected chi connectivity index (χ2v) is 7.00. The first-order valence-electron chi connectivity index (χ1n) is 9.52. The van der Waals surface area contributed by atoms with Crippen LogP contribution in [0.5, 0.6) is 46.0 Å². The predicted octanol–water partition coefficient (Wildman–Crippen LogP) is 2.79. The van der Waals surface area contributed by atoms with E-state index in [0.717, 1.165) is 24.3 Å². The van der Waals surface area contributed by atoms with Gasteiger partial charge in [0.15, 0.2) is 34.5 Å². The average molecular weight is 486 g/mol. The Kier molecular flexibility index (Phi) is 6.49. The number of phenols is 6. The van der Waals surface area contributed by atoms with Crippen molar-refractivity contribution in [2.45, 2.75) is 0 Å². The lowest BCUT2D eigenvalue weighted by Crippen LogP contribution is -2.03. The van der Waals surface area contributed by atoms with Crippen LogP contribution in [0.25, 0.3) is 22.3 Å².